The number of aromatic nitrogens is 3. The average molecular weight is 185 g/mol. The largest absolute Gasteiger partial charge is 0.480 e. The van der Waals surface area contributed by atoms with Gasteiger partial charge in [0.1, 0.15) is 18.5 Å². The Morgan fingerprint density at radius 1 is 1.69 bits per heavy atom. The molecule has 0 fully saturated rings. The van der Waals surface area contributed by atoms with Crippen molar-refractivity contribution in [2.45, 2.75) is 25.6 Å². The molecule has 0 aliphatic carbocycles. The summed E-state index contributed by atoms with van der Waals surface area (Å²) in [5.74, 6) is -0.270. The number of hydrogen-bond acceptors (Lipinski definition) is 3. The molecule has 1 N–H and O–H groups in total. The molecule has 1 aromatic rings. The van der Waals surface area contributed by atoms with Crippen LogP contribution in [0.5, 0.6) is 0 Å². The van der Waals surface area contributed by atoms with Crippen LogP contribution in [0.2, 0.25) is 0 Å². The summed E-state index contributed by atoms with van der Waals surface area (Å²) in [6.07, 6.45) is 1.04. The van der Waals surface area contributed by atoms with Crippen molar-refractivity contribution in [2.75, 3.05) is 0 Å². The van der Waals surface area contributed by atoms with Crippen LogP contribution < -0.4 is 0 Å². The summed E-state index contributed by atoms with van der Waals surface area (Å²) < 4.78 is 13.7. The van der Waals surface area contributed by atoms with Crippen molar-refractivity contribution in [2.24, 2.45) is 0 Å². The lowest BCUT2D eigenvalue weighted by Crippen LogP contribution is -2.17. The first-order chi connectivity index (χ1) is 6.24. The number of hydrogen-bond donors (Lipinski definition) is 1. The molecule has 1 aliphatic heterocycles. The van der Waals surface area contributed by atoms with Gasteiger partial charge in [0.25, 0.3) is 0 Å². The highest BCUT2D eigenvalue weighted by Crippen LogP contribution is 2.26. The summed E-state index contributed by atoms with van der Waals surface area (Å²) in [4.78, 5) is 10.7. The van der Waals surface area contributed by atoms with Gasteiger partial charge in [0.15, 0.2) is 5.82 Å². The molecule has 2 heterocycles. The van der Waals surface area contributed by atoms with Crippen LogP contribution in [0.1, 0.15) is 24.1 Å². The van der Waals surface area contributed by atoms with Crippen LogP contribution in [-0.4, -0.2) is 25.8 Å². The topological polar surface area (TPSA) is 68.0 Å². The van der Waals surface area contributed by atoms with Crippen LogP contribution in [0.15, 0.2) is 0 Å². The number of rotatable bonds is 2. The van der Waals surface area contributed by atoms with Gasteiger partial charge >= 0.3 is 5.97 Å². The number of aliphatic carboxylic acids is 1. The van der Waals surface area contributed by atoms with E-state index in [0.717, 1.165) is 0 Å². The fourth-order valence-electron chi connectivity index (χ4n) is 1.61. The zero-order valence-electron chi connectivity index (χ0n) is 6.77. The first kappa shape index (κ1) is 8.15. The van der Waals surface area contributed by atoms with Gasteiger partial charge in [-0.1, -0.05) is 0 Å². The summed E-state index contributed by atoms with van der Waals surface area (Å²) in [6.45, 7) is -0.767. The molecule has 0 unspecified atom stereocenters. The molecule has 1 aliphatic rings. The molecule has 6 heteroatoms. The predicted molar refractivity (Wildman–Crippen MR) is 39.8 cm³/mol. The van der Waals surface area contributed by atoms with Gasteiger partial charge in [0.05, 0.1) is 0 Å². The Hall–Kier alpha value is -1.46. The Morgan fingerprint density at radius 3 is 3.08 bits per heavy atom. The molecule has 2 rings (SSSR count). The van der Waals surface area contributed by atoms with E-state index in [9.17, 15) is 9.18 Å². The van der Waals surface area contributed by atoms with Gasteiger partial charge in [-0.15, -0.1) is 10.2 Å². The van der Waals surface area contributed by atoms with Crippen LogP contribution in [-0.2, 0) is 17.9 Å². The molecule has 1 atom stereocenters. The second-order valence-electron chi connectivity index (χ2n) is 2.93. The zero-order valence-corrected chi connectivity index (χ0v) is 6.77. The molecule has 1 aromatic heterocycles. The first-order valence-corrected chi connectivity index (χ1v) is 3.95. The van der Waals surface area contributed by atoms with Crippen LogP contribution in [0.4, 0.5) is 4.39 Å². The minimum Gasteiger partial charge on any atom is -0.480 e. The molecule has 0 amide bonds. The van der Waals surface area contributed by atoms with Crippen molar-refractivity contribution in [3.8, 4) is 0 Å². The summed E-state index contributed by atoms with van der Waals surface area (Å²) in [5, 5.41) is 16.1. The Balaban J connectivity index is 2.43. The van der Waals surface area contributed by atoms with E-state index in [1.807, 2.05) is 0 Å². The molecule has 0 saturated heterocycles. The molecular formula is C7H8FN3O2. The lowest BCUT2D eigenvalue weighted by Gasteiger charge is -2.07. The third-order valence-corrected chi connectivity index (χ3v) is 2.19. The molecule has 0 bridgehead atoms. The SMILES string of the molecule is O=C(O)[C@@H]1CCc2nnc(CF)n21. The van der Waals surface area contributed by atoms with Gasteiger partial charge < -0.3 is 5.11 Å². The van der Waals surface area contributed by atoms with Gasteiger partial charge in [-0.3, -0.25) is 4.57 Å². The van der Waals surface area contributed by atoms with Gasteiger partial charge in [-0.05, 0) is 6.42 Å². The van der Waals surface area contributed by atoms with E-state index < -0.39 is 18.7 Å². The fraction of sp³-hybridized carbons (Fsp3) is 0.571. The quantitative estimate of drug-likeness (QED) is 0.720. The summed E-state index contributed by atoms with van der Waals surface area (Å²) in [5.41, 5.74) is 0. The normalized spacial score (nSPS) is 20.2. The molecular weight excluding hydrogens is 177 g/mol. The molecule has 70 valence electrons. The van der Waals surface area contributed by atoms with Crippen LogP contribution in [0, 0.1) is 0 Å². The Morgan fingerprint density at radius 2 is 2.46 bits per heavy atom. The fourth-order valence-corrected chi connectivity index (χ4v) is 1.61. The lowest BCUT2D eigenvalue weighted by molar-refractivity contribution is -0.140. The highest BCUT2D eigenvalue weighted by molar-refractivity contribution is 5.72. The van der Waals surface area contributed by atoms with Crippen molar-refractivity contribution >= 4 is 5.97 Å². The second kappa shape index (κ2) is 2.79. The van der Waals surface area contributed by atoms with Gasteiger partial charge in [-0.25, -0.2) is 9.18 Å². The third-order valence-electron chi connectivity index (χ3n) is 2.19. The molecule has 0 spiro atoms. The van der Waals surface area contributed by atoms with Crippen LogP contribution in [0.3, 0.4) is 0 Å². The molecule has 13 heavy (non-hydrogen) atoms. The van der Waals surface area contributed by atoms with Crippen molar-refractivity contribution < 1.29 is 14.3 Å². The monoisotopic (exact) mass is 185 g/mol. The number of fused-ring (bicyclic) bond motifs is 1. The Labute approximate surface area is 73.2 Å². The minimum absolute atomic E-state index is 0.111. The Bertz CT molecular complexity index is 350. The van der Waals surface area contributed by atoms with E-state index in [1.165, 1.54) is 4.57 Å². The summed E-state index contributed by atoms with van der Waals surface area (Å²) in [7, 11) is 0. The lowest BCUT2D eigenvalue weighted by atomic mass is 10.2. The highest BCUT2D eigenvalue weighted by Gasteiger charge is 2.31. The van der Waals surface area contributed by atoms with Crippen molar-refractivity contribution in [3.05, 3.63) is 11.6 Å². The first-order valence-electron chi connectivity index (χ1n) is 3.95. The van der Waals surface area contributed by atoms with Crippen LogP contribution in [0.25, 0.3) is 0 Å². The van der Waals surface area contributed by atoms with E-state index in [4.69, 9.17) is 5.11 Å². The standard InChI is InChI=1S/C7H8FN3O2/c8-3-6-10-9-5-2-1-4(7(12)13)11(5)6/h4H,1-3H2,(H,12,13)/t4-/m0/s1. The number of carbonyl (C=O) groups is 1. The van der Waals surface area contributed by atoms with E-state index in [0.29, 0.717) is 18.7 Å². The average Bonchev–Trinajstić information content (AvgIpc) is 2.61. The maximum Gasteiger partial charge on any atom is 0.326 e. The zero-order chi connectivity index (χ0) is 9.42. The van der Waals surface area contributed by atoms with Gasteiger partial charge in [0.2, 0.25) is 0 Å². The predicted octanol–water partition coefficient (Wildman–Crippen LogP) is 0.320. The second-order valence-corrected chi connectivity index (χ2v) is 2.93. The Kier molecular flexibility index (Phi) is 1.75. The number of halogens is 1. The molecule has 5 nitrogen and oxygen atoms in total. The van der Waals surface area contributed by atoms with E-state index in [1.54, 1.807) is 0 Å². The maximum absolute atomic E-state index is 12.3. The number of aryl methyl sites for hydroxylation is 1. The summed E-state index contributed by atoms with van der Waals surface area (Å²) >= 11 is 0. The summed E-state index contributed by atoms with van der Waals surface area (Å²) in [6, 6.07) is -0.684. The number of carboxylic acids is 1. The smallest absolute Gasteiger partial charge is 0.326 e. The van der Waals surface area contributed by atoms with Crippen LogP contribution >= 0.6 is 0 Å². The number of carboxylic acid groups (broad SMARTS) is 1. The van der Waals surface area contributed by atoms with E-state index in [2.05, 4.69) is 10.2 Å². The highest BCUT2D eigenvalue weighted by atomic mass is 19.1. The molecule has 0 radical (unpaired) electrons. The number of alkyl halides is 1. The van der Waals surface area contributed by atoms with Gasteiger partial charge in [0, 0.05) is 6.42 Å². The number of nitrogens with zero attached hydrogens (tertiary/aromatic N) is 3. The van der Waals surface area contributed by atoms with E-state index >= 15 is 0 Å². The minimum atomic E-state index is -0.951. The maximum atomic E-state index is 12.3. The molecule has 0 aromatic carbocycles. The van der Waals surface area contributed by atoms with Crippen molar-refractivity contribution in [1.82, 2.24) is 14.8 Å². The van der Waals surface area contributed by atoms with Crippen molar-refractivity contribution in [3.63, 3.8) is 0 Å². The van der Waals surface area contributed by atoms with E-state index in [-0.39, 0.29) is 5.82 Å². The third kappa shape index (κ3) is 1.09. The molecule has 0 saturated carbocycles. The van der Waals surface area contributed by atoms with Gasteiger partial charge in [-0.2, -0.15) is 0 Å². The van der Waals surface area contributed by atoms with Crippen molar-refractivity contribution in [1.29, 1.82) is 0 Å².